The highest BCUT2D eigenvalue weighted by Crippen LogP contribution is 2.50. The third-order valence-corrected chi connectivity index (χ3v) is 13.7. The number of aliphatic hydroxyl groups is 1. The number of hydrogen-bond acceptors (Lipinski definition) is 8. The van der Waals surface area contributed by atoms with E-state index in [1.807, 2.05) is 45.0 Å². The summed E-state index contributed by atoms with van der Waals surface area (Å²) in [6.07, 6.45) is 6.72. The Balaban J connectivity index is 1.13. The number of carbonyl (C=O) groups excluding carboxylic acids is 2. The largest absolute Gasteiger partial charge is 0.483 e. The summed E-state index contributed by atoms with van der Waals surface area (Å²) in [4.78, 5) is 42.7. The molecule has 10 rings (SSSR count). The van der Waals surface area contributed by atoms with Gasteiger partial charge >= 0.3 is 17.6 Å². The lowest BCUT2D eigenvalue weighted by molar-refractivity contribution is -0.192. The number of ether oxygens (including phenoxy) is 3. The van der Waals surface area contributed by atoms with E-state index < -0.39 is 42.0 Å². The fraction of sp³-hybridized carbons (Fsp3) is 0.316. The van der Waals surface area contributed by atoms with Crippen molar-refractivity contribution in [2.75, 3.05) is 0 Å². The highest BCUT2D eigenvalue weighted by atomic mass is 16.6. The van der Waals surface area contributed by atoms with E-state index in [2.05, 4.69) is 97.1 Å². The van der Waals surface area contributed by atoms with Crippen LogP contribution in [0, 0.1) is 5.92 Å². The summed E-state index contributed by atoms with van der Waals surface area (Å²) in [5, 5.41) is 10.8. The monoisotopic (exact) mass is 868 g/mol. The normalized spacial score (nSPS) is 23.1. The molecule has 65 heavy (non-hydrogen) atoms. The average molecular weight is 869 g/mol. The van der Waals surface area contributed by atoms with E-state index >= 15 is 0 Å². The van der Waals surface area contributed by atoms with Gasteiger partial charge in [-0.3, -0.25) is 4.79 Å². The van der Waals surface area contributed by atoms with Crippen LogP contribution in [0.3, 0.4) is 0 Å². The Morgan fingerprint density at radius 3 is 2.23 bits per heavy atom. The summed E-state index contributed by atoms with van der Waals surface area (Å²) in [6, 6.07) is 42.7. The van der Waals surface area contributed by atoms with Crippen LogP contribution in [-0.4, -0.2) is 28.8 Å². The number of carbonyl (C=O) groups is 2. The molecule has 0 amide bonds. The van der Waals surface area contributed by atoms with Gasteiger partial charge < -0.3 is 23.7 Å². The molecule has 0 spiro atoms. The maximum Gasteiger partial charge on any atom is 0.336 e. The summed E-state index contributed by atoms with van der Waals surface area (Å²) in [5.74, 6) is -0.780. The first-order valence-corrected chi connectivity index (χ1v) is 23.0. The maximum atomic E-state index is 15.0. The zero-order valence-electron chi connectivity index (χ0n) is 37.3. The molecule has 4 heterocycles. The molecule has 0 unspecified atom stereocenters. The average Bonchev–Trinajstić information content (AvgIpc) is 3.30. The molecule has 2 bridgehead atoms. The van der Waals surface area contributed by atoms with Crippen molar-refractivity contribution in [1.29, 1.82) is 0 Å². The highest BCUT2D eigenvalue weighted by molar-refractivity contribution is 5.90. The van der Waals surface area contributed by atoms with Gasteiger partial charge in [0.05, 0.1) is 12.2 Å². The van der Waals surface area contributed by atoms with Gasteiger partial charge in [-0.15, -0.1) is 0 Å². The number of hydrogen-bond donors (Lipinski definition) is 1. The summed E-state index contributed by atoms with van der Waals surface area (Å²) < 4.78 is 26.3. The standard InChI is InChI=1S/C57H56O8/c1-36(2)46-25-21-38-19-22-41(23-20-38)47-26-24-43(42-18-10-16-40(31-42)30-39-14-8-5-9-15-39)32-44(47)33-50(59)63-54-52-49(28-27-48-45(35-58)34-51(60)62-53(48)52)65-57(3,55(54)64-56(46)61)29-11-17-37-12-6-4-7-13-37/h4-10,12-16,18-20,22-24,26-28,31,34,43-44,47,54-55,58H,11,17,21,25,29-30,32-33,35H2,1-3H3/t43-,44+,47+,54-,55+,57+/m1/s1. The zero-order chi connectivity index (χ0) is 45.1. The van der Waals surface area contributed by atoms with Crippen LogP contribution in [0.25, 0.3) is 11.0 Å². The lowest BCUT2D eigenvalue weighted by Crippen LogP contribution is -2.54. The fourth-order valence-electron chi connectivity index (χ4n) is 10.2. The van der Waals surface area contributed by atoms with Crippen molar-refractivity contribution in [1.82, 2.24) is 0 Å². The Labute approximate surface area is 380 Å². The van der Waals surface area contributed by atoms with Gasteiger partial charge in [0.25, 0.3) is 0 Å². The Bertz CT molecular complexity index is 2800. The van der Waals surface area contributed by atoms with E-state index in [1.165, 1.54) is 22.8 Å². The van der Waals surface area contributed by atoms with Crippen LogP contribution in [0.2, 0.25) is 0 Å². The molecule has 332 valence electrons. The molecule has 8 nitrogen and oxygen atoms in total. The van der Waals surface area contributed by atoms with Crippen molar-refractivity contribution < 1.29 is 33.3 Å². The molecule has 0 radical (unpaired) electrons. The smallest absolute Gasteiger partial charge is 0.336 e. The number of fused-ring (bicyclic) bond motifs is 11. The van der Waals surface area contributed by atoms with Crippen molar-refractivity contribution in [3.05, 3.63) is 206 Å². The van der Waals surface area contributed by atoms with E-state index in [-0.39, 0.29) is 29.8 Å². The summed E-state index contributed by atoms with van der Waals surface area (Å²) >= 11 is 0. The van der Waals surface area contributed by atoms with Crippen molar-refractivity contribution in [3.63, 3.8) is 0 Å². The minimum Gasteiger partial charge on any atom is -0.483 e. The third kappa shape index (κ3) is 9.50. The van der Waals surface area contributed by atoms with Gasteiger partial charge in [-0.1, -0.05) is 127 Å². The van der Waals surface area contributed by atoms with Crippen LogP contribution >= 0.6 is 0 Å². The second kappa shape index (κ2) is 18.9. The molecule has 1 aromatic heterocycles. The topological polar surface area (TPSA) is 112 Å². The van der Waals surface area contributed by atoms with Crippen LogP contribution in [0.15, 0.2) is 160 Å². The number of esters is 2. The van der Waals surface area contributed by atoms with Crippen molar-refractivity contribution in [2.45, 2.75) is 108 Å². The van der Waals surface area contributed by atoms with E-state index in [9.17, 15) is 19.5 Å². The van der Waals surface area contributed by atoms with Crippen molar-refractivity contribution >= 4 is 22.9 Å². The van der Waals surface area contributed by atoms with Gasteiger partial charge in [0.15, 0.2) is 12.2 Å². The molecule has 0 saturated heterocycles. The van der Waals surface area contributed by atoms with Crippen LogP contribution in [0.1, 0.15) is 115 Å². The van der Waals surface area contributed by atoms with Gasteiger partial charge in [0.1, 0.15) is 16.9 Å². The second-order valence-electron chi connectivity index (χ2n) is 18.4. The summed E-state index contributed by atoms with van der Waals surface area (Å²) in [6.45, 7) is 5.30. The minimum atomic E-state index is -1.22. The third-order valence-electron chi connectivity index (χ3n) is 13.7. The number of rotatable bonds is 8. The van der Waals surface area contributed by atoms with Gasteiger partial charge in [-0.05, 0) is 123 Å². The zero-order valence-corrected chi connectivity index (χ0v) is 37.3. The first kappa shape index (κ1) is 43.7. The van der Waals surface area contributed by atoms with E-state index in [0.29, 0.717) is 59.9 Å². The first-order valence-electron chi connectivity index (χ1n) is 23.0. The predicted octanol–water partition coefficient (Wildman–Crippen LogP) is 11.4. The Morgan fingerprint density at radius 2 is 1.49 bits per heavy atom. The molecule has 1 N–H and O–H groups in total. The molecule has 1 aliphatic carbocycles. The number of aryl methyl sites for hydroxylation is 2. The lowest BCUT2D eigenvalue weighted by Gasteiger charge is -2.45. The van der Waals surface area contributed by atoms with Crippen molar-refractivity contribution in [3.8, 4) is 5.75 Å². The predicted molar refractivity (Wildman–Crippen MR) is 252 cm³/mol. The Kier molecular flexibility index (Phi) is 12.7. The van der Waals surface area contributed by atoms with E-state index in [0.717, 1.165) is 35.1 Å². The molecule has 8 heteroatoms. The highest BCUT2D eigenvalue weighted by Gasteiger charge is 2.53. The van der Waals surface area contributed by atoms with E-state index in [4.69, 9.17) is 18.6 Å². The molecule has 4 aliphatic rings. The fourth-order valence-corrected chi connectivity index (χ4v) is 10.2. The Morgan fingerprint density at radius 1 is 0.754 bits per heavy atom. The number of aliphatic hydroxyl groups excluding tert-OH is 1. The number of benzene rings is 5. The molecule has 0 fully saturated rings. The maximum absolute atomic E-state index is 15.0. The first-order chi connectivity index (χ1) is 31.5. The molecule has 3 aliphatic heterocycles. The second-order valence-corrected chi connectivity index (χ2v) is 18.4. The quantitative estimate of drug-likeness (QED) is 0.0696. The molecule has 0 saturated carbocycles. The van der Waals surface area contributed by atoms with Gasteiger partial charge in [-0.25, -0.2) is 9.59 Å². The van der Waals surface area contributed by atoms with Crippen LogP contribution in [-0.2, 0) is 44.9 Å². The van der Waals surface area contributed by atoms with Gasteiger partial charge in [0, 0.05) is 35.3 Å². The SMILES string of the molecule is CC(C)=C1CCc2ccc(cc2)[C@@H]2C=C[C@@H](c3cccc(Cc4ccccc4)c3)C[C@H]2CC(=O)O[C@@H]2c3c(ccc4c(CO)cc(=O)oc34)O[C@@](C)(CCCc3ccccc3)[C@H]2OC1=O. The molecule has 5 aromatic carbocycles. The molecular weight excluding hydrogens is 813 g/mol. The Hall–Kier alpha value is -6.51. The molecular formula is C57H56O8. The van der Waals surface area contributed by atoms with Crippen LogP contribution in [0.4, 0.5) is 0 Å². The van der Waals surface area contributed by atoms with Crippen LogP contribution < -0.4 is 10.4 Å². The van der Waals surface area contributed by atoms with Gasteiger partial charge in [-0.2, -0.15) is 0 Å². The number of allylic oxidation sites excluding steroid dienone is 3. The lowest BCUT2D eigenvalue weighted by atomic mass is 9.72. The minimum absolute atomic E-state index is 0.0627. The summed E-state index contributed by atoms with van der Waals surface area (Å²) in [5.41, 5.74) is 7.30. The van der Waals surface area contributed by atoms with Crippen LogP contribution in [0.5, 0.6) is 5.75 Å². The molecule has 6 atom stereocenters. The van der Waals surface area contributed by atoms with Crippen molar-refractivity contribution in [2.24, 2.45) is 5.92 Å². The van der Waals surface area contributed by atoms with Gasteiger partial charge in [0.2, 0.25) is 0 Å². The summed E-state index contributed by atoms with van der Waals surface area (Å²) in [7, 11) is 0. The molecule has 6 aromatic rings. The van der Waals surface area contributed by atoms with E-state index in [1.54, 1.807) is 12.1 Å².